The molecule has 0 aliphatic rings. The fraction of sp³-hybridized carbons (Fsp3) is 0.938. The van der Waals surface area contributed by atoms with Gasteiger partial charge in [-0.15, -0.1) is 11.6 Å². The van der Waals surface area contributed by atoms with E-state index in [0.717, 1.165) is 30.9 Å². The lowest BCUT2D eigenvalue weighted by Gasteiger charge is -2.06. The number of hydrogen-bond donors (Lipinski definition) is 0. The van der Waals surface area contributed by atoms with Gasteiger partial charge in [-0.1, -0.05) is 64.7 Å². The average Bonchev–Trinajstić information content (AvgIpc) is 2.42. The van der Waals surface area contributed by atoms with Crippen LogP contribution in [-0.4, -0.2) is 17.5 Å². The van der Waals surface area contributed by atoms with Gasteiger partial charge in [0.05, 0.1) is 6.61 Å². The highest BCUT2D eigenvalue weighted by Gasteiger charge is 1.97. The zero-order valence-corrected chi connectivity index (χ0v) is 14.2. The van der Waals surface area contributed by atoms with E-state index in [1.165, 1.54) is 57.8 Å². The largest absolute Gasteiger partial charge is 0.487 e. The zero-order valence-electron chi connectivity index (χ0n) is 12.6. The standard InChI is InChI=1S/C16H31ClOS/c1-2-3-4-5-6-7-8-9-10-11-15-18-16(19)13-12-14-17/h2-15H2,1H3. The van der Waals surface area contributed by atoms with Gasteiger partial charge in [0.2, 0.25) is 0 Å². The zero-order chi connectivity index (χ0) is 14.2. The summed E-state index contributed by atoms with van der Waals surface area (Å²) in [5, 5.41) is 0.733. The Morgan fingerprint density at radius 3 is 1.89 bits per heavy atom. The second kappa shape index (κ2) is 16.2. The Balaban J connectivity index is 3.04. The van der Waals surface area contributed by atoms with Crippen molar-refractivity contribution in [2.75, 3.05) is 12.5 Å². The van der Waals surface area contributed by atoms with Crippen molar-refractivity contribution in [3.63, 3.8) is 0 Å². The molecule has 0 spiro atoms. The molecular formula is C16H31ClOS. The van der Waals surface area contributed by atoms with Crippen LogP contribution in [0.4, 0.5) is 0 Å². The molecule has 3 heteroatoms. The SMILES string of the molecule is CCCCCCCCCCCCOC(=S)CCCCl. The number of alkyl halides is 1. The van der Waals surface area contributed by atoms with Gasteiger partial charge in [-0.25, -0.2) is 0 Å². The van der Waals surface area contributed by atoms with Gasteiger partial charge in [0.15, 0.2) is 5.05 Å². The van der Waals surface area contributed by atoms with Crippen molar-refractivity contribution in [2.24, 2.45) is 0 Å². The molecule has 0 atom stereocenters. The molecule has 0 unspecified atom stereocenters. The lowest BCUT2D eigenvalue weighted by Crippen LogP contribution is -2.03. The highest BCUT2D eigenvalue weighted by atomic mass is 35.5. The molecule has 0 saturated heterocycles. The highest BCUT2D eigenvalue weighted by Crippen LogP contribution is 2.10. The summed E-state index contributed by atoms with van der Waals surface area (Å²) < 4.78 is 5.49. The van der Waals surface area contributed by atoms with Crippen molar-refractivity contribution in [3.05, 3.63) is 0 Å². The van der Waals surface area contributed by atoms with Crippen LogP contribution in [0.15, 0.2) is 0 Å². The summed E-state index contributed by atoms with van der Waals surface area (Å²) in [5.41, 5.74) is 0. The molecule has 19 heavy (non-hydrogen) atoms. The lowest BCUT2D eigenvalue weighted by molar-refractivity contribution is 0.291. The summed E-state index contributed by atoms with van der Waals surface area (Å²) in [6, 6.07) is 0. The molecule has 0 aromatic heterocycles. The second-order valence-electron chi connectivity index (χ2n) is 5.19. The second-order valence-corrected chi connectivity index (χ2v) is 6.03. The smallest absolute Gasteiger partial charge is 0.159 e. The van der Waals surface area contributed by atoms with Crippen molar-refractivity contribution >= 4 is 28.9 Å². The van der Waals surface area contributed by atoms with Crippen LogP contribution >= 0.6 is 23.8 Å². The number of halogens is 1. The van der Waals surface area contributed by atoms with Crippen LogP contribution in [0, 0.1) is 0 Å². The van der Waals surface area contributed by atoms with Crippen molar-refractivity contribution in [1.29, 1.82) is 0 Å². The van der Waals surface area contributed by atoms with E-state index in [9.17, 15) is 0 Å². The van der Waals surface area contributed by atoms with Crippen LogP contribution in [-0.2, 0) is 4.74 Å². The minimum absolute atomic E-state index is 0.668. The number of hydrogen-bond acceptors (Lipinski definition) is 2. The van der Waals surface area contributed by atoms with E-state index in [-0.39, 0.29) is 0 Å². The van der Waals surface area contributed by atoms with E-state index in [1.807, 2.05) is 0 Å². The fourth-order valence-corrected chi connectivity index (χ4v) is 2.42. The Labute approximate surface area is 130 Å². The molecule has 0 aromatic carbocycles. The van der Waals surface area contributed by atoms with Gasteiger partial charge in [0, 0.05) is 12.3 Å². The van der Waals surface area contributed by atoms with Gasteiger partial charge in [-0.05, 0) is 25.1 Å². The molecule has 0 amide bonds. The summed E-state index contributed by atoms with van der Waals surface area (Å²) in [4.78, 5) is 0. The molecule has 114 valence electrons. The summed E-state index contributed by atoms with van der Waals surface area (Å²) >= 11 is 10.7. The van der Waals surface area contributed by atoms with Gasteiger partial charge < -0.3 is 4.74 Å². The van der Waals surface area contributed by atoms with Crippen LogP contribution < -0.4 is 0 Å². The van der Waals surface area contributed by atoms with Gasteiger partial charge in [0.25, 0.3) is 0 Å². The Morgan fingerprint density at radius 1 is 0.842 bits per heavy atom. The molecule has 0 aliphatic carbocycles. The Hall–Kier alpha value is 0.180. The van der Waals surface area contributed by atoms with Gasteiger partial charge in [-0.3, -0.25) is 0 Å². The van der Waals surface area contributed by atoms with E-state index < -0.39 is 0 Å². The summed E-state index contributed by atoms with van der Waals surface area (Å²) in [5.74, 6) is 0.668. The normalized spacial score (nSPS) is 10.6. The van der Waals surface area contributed by atoms with E-state index in [2.05, 4.69) is 6.92 Å². The molecule has 1 nitrogen and oxygen atoms in total. The number of ether oxygens (including phenoxy) is 1. The quantitative estimate of drug-likeness (QED) is 0.212. The van der Waals surface area contributed by atoms with Crippen molar-refractivity contribution in [3.8, 4) is 0 Å². The molecule has 0 radical (unpaired) electrons. The minimum Gasteiger partial charge on any atom is -0.487 e. The monoisotopic (exact) mass is 306 g/mol. The topological polar surface area (TPSA) is 9.23 Å². The maximum absolute atomic E-state index is 5.60. The molecule has 0 N–H and O–H groups in total. The molecule has 0 saturated carbocycles. The summed E-state index contributed by atoms with van der Waals surface area (Å²) in [7, 11) is 0. The Bertz CT molecular complexity index is 197. The fourth-order valence-electron chi connectivity index (χ4n) is 2.06. The molecule has 0 aliphatic heterocycles. The molecule has 0 fully saturated rings. The number of unbranched alkanes of at least 4 members (excludes halogenated alkanes) is 9. The average molecular weight is 307 g/mol. The first-order valence-electron chi connectivity index (χ1n) is 8.02. The van der Waals surface area contributed by atoms with Crippen LogP contribution in [0.1, 0.15) is 84.0 Å². The van der Waals surface area contributed by atoms with Crippen molar-refractivity contribution in [1.82, 2.24) is 0 Å². The Morgan fingerprint density at radius 2 is 1.37 bits per heavy atom. The van der Waals surface area contributed by atoms with Gasteiger partial charge in [-0.2, -0.15) is 0 Å². The third-order valence-corrected chi connectivity index (χ3v) is 3.86. The van der Waals surface area contributed by atoms with Crippen LogP contribution in [0.2, 0.25) is 0 Å². The van der Waals surface area contributed by atoms with E-state index in [4.69, 9.17) is 28.6 Å². The van der Waals surface area contributed by atoms with Crippen molar-refractivity contribution in [2.45, 2.75) is 84.0 Å². The first-order chi connectivity index (χ1) is 9.31. The third kappa shape index (κ3) is 16.1. The van der Waals surface area contributed by atoms with Gasteiger partial charge in [0.1, 0.15) is 0 Å². The Kier molecular flexibility index (Phi) is 16.4. The molecule has 0 rings (SSSR count). The van der Waals surface area contributed by atoms with E-state index >= 15 is 0 Å². The molecule has 0 aromatic rings. The number of rotatable bonds is 14. The van der Waals surface area contributed by atoms with Crippen molar-refractivity contribution < 1.29 is 4.74 Å². The minimum atomic E-state index is 0.668. The number of thiocarbonyl (C=S) groups is 1. The first kappa shape index (κ1) is 19.2. The van der Waals surface area contributed by atoms with Gasteiger partial charge >= 0.3 is 0 Å². The van der Waals surface area contributed by atoms with E-state index in [1.54, 1.807) is 0 Å². The molecular weight excluding hydrogens is 276 g/mol. The lowest BCUT2D eigenvalue weighted by atomic mass is 10.1. The van der Waals surface area contributed by atoms with E-state index in [0.29, 0.717) is 5.88 Å². The van der Waals surface area contributed by atoms with Crippen LogP contribution in [0.3, 0.4) is 0 Å². The summed E-state index contributed by atoms with van der Waals surface area (Å²) in [6.45, 7) is 3.06. The summed E-state index contributed by atoms with van der Waals surface area (Å²) in [6.07, 6.45) is 15.3. The maximum atomic E-state index is 5.60. The first-order valence-corrected chi connectivity index (χ1v) is 8.97. The van der Waals surface area contributed by atoms with Crippen LogP contribution in [0.5, 0.6) is 0 Å². The predicted octanol–water partition coefficient (Wildman–Crippen LogP) is 6.27. The third-order valence-electron chi connectivity index (χ3n) is 3.28. The predicted molar refractivity (Wildman–Crippen MR) is 90.3 cm³/mol. The molecule has 0 bridgehead atoms. The van der Waals surface area contributed by atoms with Crippen LogP contribution in [0.25, 0.3) is 0 Å². The highest BCUT2D eigenvalue weighted by molar-refractivity contribution is 7.80. The molecule has 0 heterocycles. The maximum Gasteiger partial charge on any atom is 0.159 e.